The minimum atomic E-state index is -3.72. The number of hydrogen-bond acceptors (Lipinski definition) is 4. The Bertz CT molecular complexity index is 512. The van der Waals surface area contributed by atoms with E-state index in [1.807, 2.05) is 0 Å². The van der Waals surface area contributed by atoms with E-state index < -0.39 is 15.1 Å². The number of benzene rings is 1. The molecule has 0 radical (unpaired) electrons. The van der Waals surface area contributed by atoms with Crippen LogP contribution in [0.3, 0.4) is 0 Å². The lowest BCUT2D eigenvalue weighted by Crippen LogP contribution is -2.27. The van der Waals surface area contributed by atoms with E-state index in [4.69, 9.17) is 15.4 Å². The molecule has 0 aromatic heterocycles. The Labute approximate surface area is 111 Å². The third-order valence-corrected chi connectivity index (χ3v) is 3.64. The second-order valence-electron chi connectivity index (χ2n) is 3.59. The van der Waals surface area contributed by atoms with Crippen LogP contribution in [0.1, 0.15) is 25.5 Å². The monoisotopic (exact) mass is 291 g/mol. The van der Waals surface area contributed by atoms with Crippen LogP contribution in [0.15, 0.2) is 29.2 Å². The van der Waals surface area contributed by atoms with E-state index in [9.17, 15) is 13.2 Å². The molecule has 0 aliphatic heterocycles. The summed E-state index contributed by atoms with van der Waals surface area (Å²) < 4.78 is 26.9. The Hall–Kier alpha value is -1.27. The molecule has 5 nitrogen and oxygen atoms in total. The van der Waals surface area contributed by atoms with Gasteiger partial charge in [0.15, 0.2) is 0 Å². The molecule has 1 aromatic rings. The van der Waals surface area contributed by atoms with Crippen LogP contribution in [-0.2, 0) is 13.8 Å². The average Bonchev–Trinajstić information content (AvgIpc) is 2.28. The van der Waals surface area contributed by atoms with Gasteiger partial charge >= 0.3 is 6.09 Å². The number of ether oxygens (including phenoxy) is 1. The Kier molecular flexibility index (Phi) is 4.98. The molecule has 0 aliphatic rings. The summed E-state index contributed by atoms with van der Waals surface area (Å²) in [7, 11) is 1.48. The molecular weight excluding hydrogens is 278 g/mol. The standard InChI is InChI=1S/C11H14ClNO4S/c1-3-17-11(14)13-8(2)9-4-6-10(7-5-9)18(12,15)16/h4-8H,3H2,1-2H3,(H,13,14). The highest BCUT2D eigenvalue weighted by molar-refractivity contribution is 8.13. The molecule has 1 amide bonds. The van der Waals surface area contributed by atoms with Crippen molar-refractivity contribution in [3.8, 4) is 0 Å². The van der Waals surface area contributed by atoms with Gasteiger partial charge in [0.2, 0.25) is 0 Å². The molecule has 0 spiro atoms. The van der Waals surface area contributed by atoms with Crippen molar-refractivity contribution >= 4 is 25.8 Å². The van der Waals surface area contributed by atoms with Crippen LogP contribution in [0.2, 0.25) is 0 Å². The fourth-order valence-corrected chi connectivity index (χ4v) is 2.12. The third-order valence-electron chi connectivity index (χ3n) is 2.27. The number of carbonyl (C=O) groups excluding carboxylic acids is 1. The van der Waals surface area contributed by atoms with Crippen molar-refractivity contribution in [1.29, 1.82) is 0 Å². The van der Waals surface area contributed by atoms with Crippen LogP contribution in [0.25, 0.3) is 0 Å². The zero-order valence-electron chi connectivity index (χ0n) is 10.0. The first kappa shape index (κ1) is 14.8. The van der Waals surface area contributed by atoms with Gasteiger partial charge in [0, 0.05) is 10.7 Å². The van der Waals surface area contributed by atoms with Crippen LogP contribution < -0.4 is 5.32 Å². The number of nitrogens with one attached hydrogen (secondary N) is 1. The summed E-state index contributed by atoms with van der Waals surface area (Å²) >= 11 is 0. The molecule has 0 saturated heterocycles. The van der Waals surface area contributed by atoms with E-state index in [-0.39, 0.29) is 10.9 Å². The highest BCUT2D eigenvalue weighted by Crippen LogP contribution is 2.18. The molecule has 18 heavy (non-hydrogen) atoms. The van der Waals surface area contributed by atoms with E-state index in [0.29, 0.717) is 6.61 Å². The molecule has 0 bridgehead atoms. The first-order valence-electron chi connectivity index (χ1n) is 5.32. The molecule has 100 valence electrons. The normalized spacial score (nSPS) is 12.8. The summed E-state index contributed by atoms with van der Waals surface area (Å²) in [5.41, 5.74) is 0.757. The number of carbonyl (C=O) groups is 1. The van der Waals surface area contributed by atoms with Gasteiger partial charge in [-0.25, -0.2) is 13.2 Å². The van der Waals surface area contributed by atoms with Gasteiger partial charge < -0.3 is 10.1 Å². The SMILES string of the molecule is CCOC(=O)NC(C)c1ccc(S(=O)(=O)Cl)cc1. The Morgan fingerprint density at radius 1 is 1.39 bits per heavy atom. The topological polar surface area (TPSA) is 72.5 Å². The Morgan fingerprint density at radius 3 is 2.39 bits per heavy atom. The van der Waals surface area contributed by atoms with Crippen molar-refractivity contribution in [3.63, 3.8) is 0 Å². The number of alkyl carbamates (subject to hydrolysis) is 1. The lowest BCUT2D eigenvalue weighted by atomic mass is 10.1. The molecule has 0 heterocycles. The van der Waals surface area contributed by atoms with E-state index in [1.54, 1.807) is 26.0 Å². The van der Waals surface area contributed by atoms with Crippen LogP contribution in [0.4, 0.5) is 4.79 Å². The van der Waals surface area contributed by atoms with E-state index >= 15 is 0 Å². The second kappa shape index (κ2) is 6.06. The maximum atomic E-state index is 11.2. The summed E-state index contributed by atoms with van der Waals surface area (Å²) in [6, 6.07) is 5.68. The number of halogens is 1. The van der Waals surface area contributed by atoms with Gasteiger partial charge in [-0.15, -0.1) is 0 Å². The Balaban J connectivity index is 2.76. The van der Waals surface area contributed by atoms with Gasteiger partial charge in [-0.3, -0.25) is 0 Å². The van der Waals surface area contributed by atoms with Crippen molar-refractivity contribution in [1.82, 2.24) is 5.32 Å². The summed E-state index contributed by atoms with van der Waals surface area (Å²) in [6.07, 6.45) is -0.515. The highest BCUT2D eigenvalue weighted by atomic mass is 35.7. The van der Waals surface area contributed by atoms with Crippen LogP contribution in [0, 0.1) is 0 Å². The van der Waals surface area contributed by atoms with Gasteiger partial charge in [0.25, 0.3) is 9.05 Å². The van der Waals surface area contributed by atoms with Gasteiger partial charge in [-0.2, -0.15) is 0 Å². The zero-order chi connectivity index (χ0) is 13.8. The number of rotatable bonds is 4. The molecule has 1 unspecified atom stereocenters. The van der Waals surface area contributed by atoms with E-state index in [2.05, 4.69) is 5.32 Å². The van der Waals surface area contributed by atoms with Gasteiger partial charge in [0.1, 0.15) is 0 Å². The lowest BCUT2D eigenvalue weighted by molar-refractivity contribution is 0.149. The quantitative estimate of drug-likeness (QED) is 0.865. The number of amides is 1. The molecule has 1 N–H and O–H groups in total. The molecule has 0 saturated carbocycles. The predicted molar refractivity (Wildman–Crippen MR) is 68.1 cm³/mol. The first-order chi connectivity index (χ1) is 8.34. The smallest absolute Gasteiger partial charge is 0.407 e. The highest BCUT2D eigenvalue weighted by Gasteiger charge is 2.13. The summed E-state index contributed by atoms with van der Waals surface area (Å²) in [6.45, 7) is 3.77. The third kappa shape index (κ3) is 4.19. The molecule has 0 fully saturated rings. The summed E-state index contributed by atoms with van der Waals surface area (Å²) in [5.74, 6) is 0. The predicted octanol–water partition coefficient (Wildman–Crippen LogP) is 2.42. The first-order valence-corrected chi connectivity index (χ1v) is 7.63. The maximum absolute atomic E-state index is 11.2. The molecule has 1 atom stereocenters. The van der Waals surface area contributed by atoms with E-state index in [1.165, 1.54) is 12.1 Å². The van der Waals surface area contributed by atoms with Crippen molar-refractivity contribution in [2.75, 3.05) is 6.61 Å². The van der Waals surface area contributed by atoms with Crippen molar-refractivity contribution < 1.29 is 17.9 Å². The summed E-state index contributed by atoms with van der Waals surface area (Å²) in [5, 5.41) is 2.61. The van der Waals surface area contributed by atoms with Crippen molar-refractivity contribution in [2.45, 2.75) is 24.8 Å². The Morgan fingerprint density at radius 2 is 1.94 bits per heavy atom. The van der Waals surface area contributed by atoms with Gasteiger partial charge in [0.05, 0.1) is 17.5 Å². The fraction of sp³-hybridized carbons (Fsp3) is 0.364. The maximum Gasteiger partial charge on any atom is 0.407 e. The van der Waals surface area contributed by atoms with Crippen LogP contribution in [0.5, 0.6) is 0 Å². The zero-order valence-corrected chi connectivity index (χ0v) is 11.6. The second-order valence-corrected chi connectivity index (χ2v) is 6.16. The molecule has 0 aliphatic carbocycles. The van der Waals surface area contributed by atoms with E-state index in [0.717, 1.165) is 5.56 Å². The lowest BCUT2D eigenvalue weighted by Gasteiger charge is -2.14. The molecular formula is C11H14ClNO4S. The fourth-order valence-electron chi connectivity index (χ4n) is 1.35. The van der Waals surface area contributed by atoms with Gasteiger partial charge in [-0.1, -0.05) is 12.1 Å². The average molecular weight is 292 g/mol. The summed E-state index contributed by atoms with van der Waals surface area (Å²) in [4.78, 5) is 11.2. The molecule has 1 rings (SSSR count). The van der Waals surface area contributed by atoms with Gasteiger partial charge in [-0.05, 0) is 31.5 Å². The largest absolute Gasteiger partial charge is 0.450 e. The molecule has 1 aromatic carbocycles. The van der Waals surface area contributed by atoms with Crippen LogP contribution in [-0.4, -0.2) is 21.1 Å². The van der Waals surface area contributed by atoms with Crippen molar-refractivity contribution in [3.05, 3.63) is 29.8 Å². The van der Waals surface area contributed by atoms with Crippen molar-refractivity contribution in [2.24, 2.45) is 0 Å². The van der Waals surface area contributed by atoms with Crippen LogP contribution >= 0.6 is 10.7 Å². The minimum absolute atomic E-state index is 0.0243. The molecule has 7 heteroatoms. The number of hydrogen-bond donors (Lipinski definition) is 1. The minimum Gasteiger partial charge on any atom is -0.450 e.